The molecule has 0 radical (unpaired) electrons. The van der Waals surface area contributed by atoms with E-state index >= 15 is 0 Å². The van der Waals surface area contributed by atoms with Gasteiger partial charge in [0.2, 0.25) is 11.6 Å². The van der Waals surface area contributed by atoms with E-state index in [1.54, 1.807) is 0 Å². The summed E-state index contributed by atoms with van der Waals surface area (Å²) in [5.41, 5.74) is 5.39. The van der Waals surface area contributed by atoms with Crippen LogP contribution in [0.25, 0.3) is 0 Å². The molecule has 2 N–H and O–H groups in total. The first kappa shape index (κ1) is 13.5. The third kappa shape index (κ3) is 2.58. The zero-order valence-corrected chi connectivity index (χ0v) is 11.1. The average molecular weight is 266 g/mol. The van der Waals surface area contributed by atoms with Crippen LogP contribution in [-0.2, 0) is 0 Å². The van der Waals surface area contributed by atoms with Crippen LogP contribution in [0, 0.1) is 10.1 Å². The lowest BCUT2D eigenvalue weighted by Crippen LogP contribution is -2.52. The molecule has 1 unspecified atom stereocenters. The van der Waals surface area contributed by atoms with Crippen molar-refractivity contribution in [3.8, 4) is 0 Å². The summed E-state index contributed by atoms with van der Waals surface area (Å²) in [7, 11) is 0. The summed E-state index contributed by atoms with van der Waals surface area (Å²) in [5, 5.41) is 11.1. The number of nitrogen functional groups attached to an aromatic ring is 1. The fraction of sp³-hybridized carbons (Fsp3) is 0.636. The van der Waals surface area contributed by atoms with E-state index in [4.69, 9.17) is 5.73 Å². The summed E-state index contributed by atoms with van der Waals surface area (Å²) < 4.78 is 0. The molecule has 8 heteroatoms. The molecule has 104 valence electrons. The maximum Gasteiger partial charge on any atom is 0.353 e. The molecule has 0 saturated carbocycles. The highest BCUT2D eigenvalue weighted by molar-refractivity contribution is 5.68. The Morgan fingerprint density at radius 1 is 1.53 bits per heavy atom. The highest BCUT2D eigenvalue weighted by Crippen LogP contribution is 2.30. The Balaban J connectivity index is 2.28. The van der Waals surface area contributed by atoms with Gasteiger partial charge in [-0.15, -0.1) is 0 Å². The van der Waals surface area contributed by atoms with Gasteiger partial charge in [-0.2, -0.15) is 0 Å². The lowest BCUT2D eigenvalue weighted by Gasteiger charge is -2.39. The predicted octanol–water partition coefficient (Wildman–Crippen LogP) is 0.497. The van der Waals surface area contributed by atoms with Gasteiger partial charge in [-0.05, 0) is 13.5 Å². The van der Waals surface area contributed by atoms with Crippen LogP contribution in [0.2, 0.25) is 0 Å². The summed E-state index contributed by atoms with van der Waals surface area (Å²) in [4.78, 5) is 22.6. The summed E-state index contributed by atoms with van der Waals surface area (Å²) >= 11 is 0. The van der Waals surface area contributed by atoms with Gasteiger partial charge in [0.15, 0.2) is 0 Å². The standard InChI is InChI=1S/C11H18N6O2/c1-3-15-4-5-16(6-8(15)2)11-9(17(18)19)10(12)13-7-14-11/h7-8H,3-6H2,1-2H3,(H2,12,13,14). The lowest BCUT2D eigenvalue weighted by atomic mass is 10.2. The van der Waals surface area contributed by atoms with E-state index < -0.39 is 4.92 Å². The van der Waals surface area contributed by atoms with Crippen LogP contribution in [-0.4, -0.2) is 52.0 Å². The second-order valence-corrected chi connectivity index (χ2v) is 4.61. The monoisotopic (exact) mass is 266 g/mol. The summed E-state index contributed by atoms with van der Waals surface area (Å²) in [6.07, 6.45) is 1.27. The molecule has 1 aliphatic rings. The minimum atomic E-state index is -0.512. The van der Waals surface area contributed by atoms with Crippen LogP contribution in [0.1, 0.15) is 13.8 Å². The van der Waals surface area contributed by atoms with E-state index in [0.29, 0.717) is 24.9 Å². The fourth-order valence-corrected chi connectivity index (χ4v) is 2.45. The molecule has 1 aromatic rings. The first-order valence-corrected chi connectivity index (χ1v) is 6.28. The number of nitrogens with two attached hydrogens (primary N) is 1. The number of hydrogen-bond acceptors (Lipinski definition) is 7. The number of likely N-dealkylation sites (N-methyl/N-ethyl adjacent to an activating group) is 1. The van der Waals surface area contributed by atoms with Gasteiger partial charge >= 0.3 is 5.69 Å². The average Bonchev–Trinajstić information content (AvgIpc) is 2.37. The second-order valence-electron chi connectivity index (χ2n) is 4.61. The topological polar surface area (TPSA) is 101 Å². The minimum Gasteiger partial charge on any atom is -0.378 e. The number of piperazine rings is 1. The van der Waals surface area contributed by atoms with E-state index in [9.17, 15) is 10.1 Å². The summed E-state index contributed by atoms with van der Waals surface area (Å²) in [6, 6.07) is 0.328. The molecule has 19 heavy (non-hydrogen) atoms. The zero-order chi connectivity index (χ0) is 14.0. The van der Waals surface area contributed by atoms with Crippen molar-refractivity contribution in [1.29, 1.82) is 0 Å². The highest BCUT2D eigenvalue weighted by atomic mass is 16.6. The fourth-order valence-electron chi connectivity index (χ4n) is 2.45. The van der Waals surface area contributed by atoms with E-state index in [0.717, 1.165) is 13.1 Å². The molecular weight excluding hydrogens is 248 g/mol. The number of aromatic nitrogens is 2. The van der Waals surface area contributed by atoms with E-state index in [-0.39, 0.29) is 11.5 Å². The quantitative estimate of drug-likeness (QED) is 0.627. The van der Waals surface area contributed by atoms with Crippen LogP contribution < -0.4 is 10.6 Å². The number of anilines is 2. The number of hydrogen-bond donors (Lipinski definition) is 1. The van der Waals surface area contributed by atoms with Crippen molar-refractivity contribution in [3.63, 3.8) is 0 Å². The first-order valence-electron chi connectivity index (χ1n) is 6.28. The number of nitrogens with zero attached hydrogens (tertiary/aromatic N) is 5. The maximum atomic E-state index is 11.1. The van der Waals surface area contributed by atoms with Crippen molar-refractivity contribution < 1.29 is 4.92 Å². The van der Waals surface area contributed by atoms with Crippen molar-refractivity contribution in [2.75, 3.05) is 36.8 Å². The molecule has 0 spiro atoms. The van der Waals surface area contributed by atoms with Gasteiger partial charge in [0.1, 0.15) is 6.33 Å². The van der Waals surface area contributed by atoms with Crippen molar-refractivity contribution >= 4 is 17.3 Å². The molecule has 1 aliphatic heterocycles. The van der Waals surface area contributed by atoms with Gasteiger partial charge in [-0.25, -0.2) is 9.97 Å². The van der Waals surface area contributed by atoms with Crippen molar-refractivity contribution in [1.82, 2.24) is 14.9 Å². The van der Waals surface area contributed by atoms with Crippen LogP contribution in [0.4, 0.5) is 17.3 Å². The molecule has 0 bridgehead atoms. The molecule has 8 nitrogen and oxygen atoms in total. The third-order valence-corrected chi connectivity index (χ3v) is 3.48. The summed E-state index contributed by atoms with van der Waals surface area (Å²) in [5.74, 6) is 0.237. The lowest BCUT2D eigenvalue weighted by molar-refractivity contribution is -0.383. The minimum absolute atomic E-state index is 0.0828. The Morgan fingerprint density at radius 3 is 2.84 bits per heavy atom. The number of rotatable bonds is 3. The highest BCUT2D eigenvalue weighted by Gasteiger charge is 2.30. The summed E-state index contributed by atoms with van der Waals surface area (Å²) in [6.45, 7) is 7.45. The molecule has 0 amide bonds. The normalized spacial score (nSPS) is 20.5. The van der Waals surface area contributed by atoms with E-state index in [2.05, 4.69) is 28.7 Å². The SMILES string of the molecule is CCN1CCN(c2ncnc(N)c2[N+](=O)[O-])CC1C. The molecule has 0 aromatic carbocycles. The molecular formula is C11H18N6O2. The first-order chi connectivity index (χ1) is 9.04. The van der Waals surface area contributed by atoms with Crippen LogP contribution in [0.3, 0.4) is 0 Å². The predicted molar refractivity (Wildman–Crippen MR) is 72.0 cm³/mol. The van der Waals surface area contributed by atoms with Gasteiger partial charge in [-0.1, -0.05) is 6.92 Å². The van der Waals surface area contributed by atoms with Crippen LogP contribution in [0.15, 0.2) is 6.33 Å². The third-order valence-electron chi connectivity index (χ3n) is 3.48. The molecule has 1 aromatic heterocycles. The Labute approximate surface area is 111 Å². The van der Waals surface area contributed by atoms with Gasteiger partial charge in [0.25, 0.3) is 0 Å². The van der Waals surface area contributed by atoms with Gasteiger partial charge in [0.05, 0.1) is 4.92 Å². The Kier molecular flexibility index (Phi) is 3.79. The Hall–Kier alpha value is -1.96. The molecule has 1 saturated heterocycles. The van der Waals surface area contributed by atoms with E-state index in [1.165, 1.54) is 6.33 Å². The smallest absolute Gasteiger partial charge is 0.353 e. The maximum absolute atomic E-state index is 11.1. The van der Waals surface area contributed by atoms with Gasteiger partial charge in [0, 0.05) is 25.7 Å². The largest absolute Gasteiger partial charge is 0.378 e. The van der Waals surface area contributed by atoms with Crippen LogP contribution in [0.5, 0.6) is 0 Å². The van der Waals surface area contributed by atoms with Gasteiger partial charge < -0.3 is 10.6 Å². The van der Waals surface area contributed by atoms with E-state index in [1.807, 2.05) is 4.90 Å². The Bertz CT molecular complexity index is 480. The number of nitro groups is 1. The van der Waals surface area contributed by atoms with Crippen molar-refractivity contribution in [2.24, 2.45) is 0 Å². The molecule has 1 fully saturated rings. The van der Waals surface area contributed by atoms with Crippen LogP contribution >= 0.6 is 0 Å². The Morgan fingerprint density at radius 2 is 2.26 bits per heavy atom. The van der Waals surface area contributed by atoms with Crippen molar-refractivity contribution in [2.45, 2.75) is 19.9 Å². The molecule has 2 rings (SSSR count). The molecule has 2 heterocycles. The molecule has 1 atom stereocenters. The zero-order valence-electron chi connectivity index (χ0n) is 11.1. The van der Waals surface area contributed by atoms with Gasteiger partial charge in [-0.3, -0.25) is 15.0 Å². The van der Waals surface area contributed by atoms with Crippen molar-refractivity contribution in [3.05, 3.63) is 16.4 Å². The second kappa shape index (κ2) is 5.35. The molecule has 0 aliphatic carbocycles.